The van der Waals surface area contributed by atoms with Gasteiger partial charge >= 0.3 is 5.97 Å². The van der Waals surface area contributed by atoms with Crippen LogP contribution in [-0.2, 0) is 14.3 Å². The van der Waals surface area contributed by atoms with Gasteiger partial charge in [-0.3, -0.25) is 4.79 Å². The largest absolute Gasteiger partial charge is 0.467 e. The number of amides is 1. The summed E-state index contributed by atoms with van der Waals surface area (Å²) in [5.41, 5.74) is 0. The molecule has 1 heterocycles. The number of ether oxygens (including phenoxy) is 1. The van der Waals surface area contributed by atoms with Crippen LogP contribution >= 0.6 is 0 Å². The van der Waals surface area contributed by atoms with E-state index in [0.717, 1.165) is 19.3 Å². The number of carbonyl (C=O) groups is 2. The van der Waals surface area contributed by atoms with Crippen LogP contribution in [0.3, 0.4) is 0 Å². The molecule has 0 aromatic carbocycles. The van der Waals surface area contributed by atoms with Crippen molar-refractivity contribution in [1.82, 2.24) is 4.90 Å². The Kier molecular flexibility index (Phi) is 4.97. The fourth-order valence-electron chi connectivity index (χ4n) is 2.56. The molecule has 4 nitrogen and oxygen atoms in total. The molecule has 1 aliphatic heterocycles. The molecule has 1 amide bonds. The van der Waals surface area contributed by atoms with Crippen LogP contribution < -0.4 is 0 Å². The Morgan fingerprint density at radius 3 is 2.53 bits per heavy atom. The Morgan fingerprint density at radius 1 is 1.41 bits per heavy atom. The zero-order valence-corrected chi connectivity index (χ0v) is 11.2. The van der Waals surface area contributed by atoms with Gasteiger partial charge in [0.25, 0.3) is 0 Å². The molecule has 17 heavy (non-hydrogen) atoms. The van der Waals surface area contributed by atoms with Gasteiger partial charge in [0, 0.05) is 12.5 Å². The summed E-state index contributed by atoms with van der Waals surface area (Å²) < 4.78 is 4.76. The molecule has 0 bridgehead atoms. The second-order valence-electron chi connectivity index (χ2n) is 4.97. The van der Waals surface area contributed by atoms with E-state index in [2.05, 4.69) is 13.8 Å². The summed E-state index contributed by atoms with van der Waals surface area (Å²) in [6.45, 7) is 6.80. The molecule has 0 N–H and O–H groups in total. The minimum absolute atomic E-state index is 0.0141. The lowest BCUT2D eigenvalue weighted by Crippen LogP contribution is -2.45. The van der Waals surface area contributed by atoms with E-state index in [4.69, 9.17) is 4.74 Å². The smallest absolute Gasteiger partial charge is 0.328 e. The van der Waals surface area contributed by atoms with E-state index in [1.165, 1.54) is 7.11 Å². The highest BCUT2D eigenvalue weighted by molar-refractivity contribution is 5.86. The maximum Gasteiger partial charge on any atom is 0.328 e. The van der Waals surface area contributed by atoms with E-state index in [0.29, 0.717) is 12.5 Å². The van der Waals surface area contributed by atoms with Crippen molar-refractivity contribution < 1.29 is 14.3 Å². The lowest BCUT2D eigenvalue weighted by molar-refractivity contribution is -0.153. The molecule has 0 spiro atoms. The molecular weight excluding hydrogens is 218 g/mol. The molecular formula is C13H23NO3. The van der Waals surface area contributed by atoms with Crippen molar-refractivity contribution in [3.05, 3.63) is 0 Å². The zero-order valence-electron chi connectivity index (χ0n) is 11.2. The van der Waals surface area contributed by atoms with Crippen molar-refractivity contribution in [2.24, 2.45) is 11.8 Å². The summed E-state index contributed by atoms with van der Waals surface area (Å²) in [6.07, 6.45) is 2.44. The number of esters is 1. The number of rotatable bonds is 4. The maximum absolute atomic E-state index is 12.4. The van der Waals surface area contributed by atoms with Gasteiger partial charge in [0.15, 0.2) is 0 Å². The first kappa shape index (κ1) is 14.0. The third kappa shape index (κ3) is 2.99. The van der Waals surface area contributed by atoms with E-state index in [1.807, 2.05) is 6.92 Å². The van der Waals surface area contributed by atoms with Gasteiger partial charge in [-0.05, 0) is 25.2 Å². The molecule has 1 rings (SSSR count). The molecule has 0 aliphatic carbocycles. The van der Waals surface area contributed by atoms with Crippen molar-refractivity contribution in [3.8, 4) is 0 Å². The fraction of sp³-hybridized carbons (Fsp3) is 0.846. The molecule has 0 aromatic heterocycles. The zero-order chi connectivity index (χ0) is 13.0. The molecule has 0 saturated carbocycles. The number of carbonyl (C=O) groups excluding carboxylic acids is 2. The van der Waals surface area contributed by atoms with E-state index in [9.17, 15) is 9.59 Å². The number of likely N-dealkylation sites (tertiary alicyclic amines) is 1. The second-order valence-corrected chi connectivity index (χ2v) is 4.97. The monoisotopic (exact) mass is 241 g/mol. The second kappa shape index (κ2) is 6.03. The average Bonchev–Trinajstić information content (AvgIpc) is 2.77. The topological polar surface area (TPSA) is 46.6 Å². The number of hydrogen-bond acceptors (Lipinski definition) is 3. The highest BCUT2D eigenvalue weighted by Gasteiger charge is 2.37. The Hall–Kier alpha value is -1.06. The summed E-state index contributed by atoms with van der Waals surface area (Å²) in [6, 6.07) is -0.361. The molecule has 4 heteroatoms. The fourth-order valence-corrected chi connectivity index (χ4v) is 2.56. The SMILES string of the molecule is CC[C@H](C(=O)N1CCC[C@H]1C(=O)OC)C(C)C. The first-order chi connectivity index (χ1) is 8.02. The lowest BCUT2D eigenvalue weighted by atomic mass is 9.91. The van der Waals surface area contributed by atoms with Crippen LogP contribution in [0.25, 0.3) is 0 Å². The van der Waals surface area contributed by atoms with Gasteiger partial charge in [-0.25, -0.2) is 4.79 Å². The minimum atomic E-state index is -0.361. The van der Waals surface area contributed by atoms with Crippen LogP contribution in [0, 0.1) is 11.8 Å². The molecule has 0 unspecified atom stereocenters. The summed E-state index contributed by atoms with van der Waals surface area (Å²) in [4.78, 5) is 25.7. The van der Waals surface area contributed by atoms with Crippen LogP contribution in [0.5, 0.6) is 0 Å². The summed E-state index contributed by atoms with van der Waals surface area (Å²) in [7, 11) is 1.38. The summed E-state index contributed by atoms with van der Waals surface area (Å²) in [5, 5.41) is 0. The van der Waals surface area contributed by atoms with Crippen LogP contribution in [0.1, 0.15) is 40.0 Å². The molecule has 0 aromatic rings. The highest BCUT2D eigenvalue weighted by Crippen LogP contribution is 2.25. The molecule has 98 valence electrons. The Balaban J connectivity index is 2.76. The van der Waals surface area contributed by atoms with Gasteiger partial charge < -0.3 is 9.64 Å². The van der Waals surface area contributed by atoms with Crippen molar-refractivity contribution >= 4 is 11.9 Å². The lowest BCUT2D eigenvalue weighted by Gasteiger charge is -2.28. The van der Waals surface area contributed by atoms with Crippen LogP contribution in [0.15, 0.2) is 0 Å². The van der Waals surface area contributed by atoms with E-state index in [-0.39, 0.29) is 23.8 Å². The molecule has 2 atom stereocenters. The van der Waals surface area contributed by atoms with Gasteiger partial charge in [-0.1, -0.05) is 20.8 Å². The quantitative estimate of drug-likeness (QED) is 0.705. The molecule has 1 fully saturated rings. The Bertz CT molecular complexity index is 288. The Morgan fingerprint density at radius 2 is 2.06 bits per heavy atom. The van der Waals surface area contributed by atoms with Crippen LogP contribution in [0.4, 0.5) is 0 Å². The summed E-state index contributed by atoms with van der Waals surface area (Å²) >= 11 is 0. The van der Waals surface area contributed by atoms with Crippen molar-refractivity contribution in [3.63, 3.8) is 0 Å². The minimum Gasteiger partial charge on any atom is -0.467 e. The first-order valence-electron chi connectivity index (χ1n) is 6.41. The van der Waals surface area contributed by atoms with E-state index in [1.54, 1.807) is 4.90 Å². The summed E-state index contributed by atoms with van der Waals surface area (Å²) in [5.74, 6) is 0.150. The van der Waals surface area contributed by atoms with Gasteiger partial charge in [-0.2, -0.15) is 0 Å². The normalized spacial score (nSPS) is 21.7. The predicted octanol–water partition coefficient (Wildman–Crippen LogP) is 1.83. The van der Waals surface area contributed by atoms with Crippen molar-refractivity contribution in [2.75, 3.05) is 13.7 Å². The number of hydrogen-bond donors (Lipinski definition) is 0. The third-order valence-electron chi connectivity index (χ3n) is 3.57. The third-order valence-corrected chi connectivity index (χ3v) is 3.57. The van der Waals surface area contributed by atoms with E-state index < -0.39 is 0 Å². The number of methoxy groups -OCH3 is 1. The standard InChI is InChI=1S/C13H23NO3/c1-5-10(9(2)3)12(15)14-8-6-7-11(14)13(16)17-4/h9-11H,5-8H2,1-4H3/t10-,11-/m0/s1. The predicted molar refractivity (Wildman–Crippen MR) is 65.4 cm³/mol. The van der Waals surface area contributed by atoms with Gasteiger partial charge in [0.1, 0.15) is 6.04 Å². The molecule has 1 saturated heterocycles. The van der Waals surface area contributed by atoms with E-state index >= 15 is 0 Å². The molecule has 0 radical (unpaired) electrons. The van der Waals surface area contributed by atoms with Crippen molar-refractivity contribution in [2.45, 2.75) is 46.1 Å². The highest BCUT2D eigenvalue weighted by atomic mass is 16.5. The van der Waals surface area contributed by atoms with Gasteiger partial charge in [0.05, 0.1) is 7.11 Å². The number of nitrogens with zero attached hydrogens (tertiary/aromatic N) is 1. The average molecular weight is 241 g/mol. The van der Waals surface area contributed by atoms with Crippen LogP contribution in [-0.4, -0.2) is 36.5 Å². The van der Waals surface area contributed by atoms with Crippen LogP contribution in [0.2, 0.25) is 0 Å². The van der Waals surface area contributed by atoms with Gasteiger partial charge in [0.2, 0.25) is 5.91 Å². The maximum atomic E-state index is 12.4. The first-order valence-corrected chi connectivity index (χ1v) is 6.41. The molecule has 1 aliphatic rings. The van der Waals surface area contributed by atoms with Crippen molar-refractivity contribution in [1.29, 1.82) is 0 Å². The van der Waals surface area contributed by atoms with Gasteiger partial charge in [-0.15, -0.1) is 0 Å². The Labute approximate surface area is 103 Å².